The SMILES string of the molecule is COC(=O)CCc1ccc(N2CCNCC2)cc1. The molecular formula is C14H20N2O2. The number of benzene rings is 1. The van der Waals surface area contributed by atoms with Gasteiger partial charge in [0.05, 0.1) is 7.11 Å². The molecule has 1 aromatic rings. The number of carbonyl (C=O) groups excluding carboxylic acids is 1. The Balaban J connectivity index is 1.90. The minimum atomic E-state index is -0.152. The fourth-order valence-electron chi connectivity index (χ4n) is 2.14. The number of nitrogens with one attached hydrogen (secondary N) is 1. The third kappa shape index (κ3) is 3.47. The highest BCUT2D eigenvalue weighted by Crippen LogP contribution is 2.16. The van der Waals surface area contributed by atoms with Gasteiger partial charge in [0.1, 0.15) is 0 Å². The van der Waals surface area contributed by atoms with Crippen LogP contribution in [-0.4, -0.2) is 39.3 Å². The van der Waals surface area contributed by atoms with Crippen LogP contribution in [0.15, 0.2) is 24.3 Å². The number of rotatable bonds is 4. The number of aryl methyl sites for hydroxylation is 1. The number of nitrogens with zero attached hydrogens (tertiary/aromatic N) is 1. The predicted molar refractivity (Wildman–Crippen MR) is 71.9 cm³/mol. The molecule has 4 nitrogen and oxygen atoms in total. The van der Waals surface area contributed by atoms with Gasteiger partial charge in [-0.1, -0.05) is 12.1 Å². The first-order chi connectivity index (χ1) is 8.79. The number of carbonyl (C=O) groups is 1. The third-order valence-electron chi connectivity index (χ3n) is 3.26. The zero-order valence-electron chi connectivity index (χ0n) is 10.8. The van der Waals surface area contributed by atoms with Gasteiger partial charge < -0.3 is 15.0 Å². The zero-order chi connectivity index (χ0) is 12.8. The Labute approximate surface area is 108 Å². The Kier molecular flexibility index (Phi) is 4.59. The van der Waals surface area contributed by atoms with Gasteiger partial charge in [-0.15, -0.1) is 0 Å². The molecule has 1 saturated heterocycles. The predicted octanol–water partition coefficient (Wildman–Crippen LogP) is 1.20. The molecule has 0 atom stereocenters. The second-order valence-electron chi connectivity index (χ2n) is 4.48. The van der Waals surface area contributed by atoms with Crippen molar-refractivity contribution in [2.75, 3.05) is 38.2 Å². The molecule has 0 amide bonds. The normalized spacial score (nSPS) is 15.5. The lowest BCUT2D eigenvalue weighted by atomic mass is 10.1. The number of methoxy groups -OCH3 is 1. The molecule has 0 saturated carbocycles. The van der Waals surface area contributed by atoms with Crippen LogP contribution in [-0.2, 0) is 16.0 Å². The average Bonchev–Trinajstić information content (AvgIpc) is 2.46. The first kappa shape index (κ1) is 12.9. The van der Waals surface area contributed by atoms with Crippen LogP contribution in [0.1, 0.15) is 12.0 Å². The molecule has 0 aliphatic carbocycles. The molecule has 1 heterocycles. The Morgan fingerprint density at radius 3 is 2.56 bits per heavy atom. The van der Waals surface area contributed by atoms with Crippen molar-refractivity contribution >= 4 is 11.7 Å². The second-order valence-corrected chi connectivity index (χ2v) is 4.48. The van der Waals surface area contributed by atoms with Crippen LogP contribution in [0.5, 0.6) is 0 Å². The zero-order valence-corrected chi connectivity index (χ0v) is 10.8. The number of hydrogen-bond acceptors (Lipinski definition) is 4. The lowest BCUT2D eigenvalue weighted by molar-refractivity contribution is -0.140. The minimum absolute atomic E-state index is 0.152. The number of anilines is 1. The topological polar surface area (TPSA) is 41.6 Å². The van der Waals surface area contributed by atoms with Crippen molar-refractivity contribution in [3.63, 3.8) is 0 Å². The van der Waals surface area contributed by atoms with Gasteiger partial charge in [0.25, 0.3) is 0 Å². The molecule has 2 rings (SSSR count). The Bertz CT molecular complexity index is 383. The van der Waals surface area contributed by atoms with Crippen LogP contribution in [0.2, 0.25) is 0 Å². The second kappa shape index (κ2) is 6.40. The highest BCUT2D eigenvalue weighted by atomic mass is 16.5. The molecular weight excluding hydrogens is 228 g/mol. The van der Waals surface area contributed by atoms with E-state index in [1.807, 2.05) is 0 Å². The Morgan fingerprint density at radius 2 is 1.94 bits per heavy atom. The summed E-state index contributed by atoms with van der Waals surface area (Å²) in [6.07, 6.45) is 1.19. The maximum atomic E-state index is 11.1. The molecule has 4 heteroatoms. The molecule has 1 aliphatic rings. The smallest absolute Gasteiger partial charge is 0.305 e. The van der Waals surface area contributed by atoms with Gasteiger partial charge >= 0.3 is 5.97 Å². The van der Waals surface area contributed by atoms with E-state index in [1.54, 1.807) is 0 Å². The van der Waals surface area contributed by atoms with Crippen molar-refractivity contribution in [1.29, 1.82) is 0 Å². The maximum absolute atomic E-state index is 11.1. The summed E-state index contributed by atoms with van der Waals surface area (Å²) in [5.41, 5.74) is 2.44. The van der Waals surface area contributed by atoms with E-state index in [-0.39, 0.29) is 5.97 Å². The molecule has 1 aliphatic heterocycles. The van der Waals surface area contributed by atoms with Crippen LogP contribution in [0.3, 0.4) is 0 Å². The van der Waals surface area contributed by atoms with Crippen LogP contribution < -0.4 is 10.2 Å². The quantitative estimate of drug-likeness (QED) is 0.813. The number of piperazine rings is 1. The summed E-state index contributed by atoms with van der Waals surface area (Å²) in [5.74, 6) is -0.152. The van der Waals surface area contributed by atoms with Crippen molar-refractivity contribution in [3.8, 4) is 0 Å². The van der Waals surface area contributed by atoms with E-state index in [2.05, 4.69) is 39.2 Å². The summed E-state index contributed by atoms with van der Waals surface area (Å²) >= 11 is 0. The molecule has 1 fully saturated rings. The van der Waals surface area contributed by atoms with Gasteiger partial charge in [-0.25, -0.2) is 0 Å². The highest BCUT2D eigenvalue weighted by Gasteiger charge is 2.10. The number of hydrogen-bond donors (Lipinski definition) is 1. The molecule has 0 spiro atoms. The van der Waals surface area contributed by atoms with E-state index in [0.717, 1.165) is 32.6 Å². The van der Waals surface area contributed by atoms with E-state index in [1.165, 1.54) is 18.4 Å². The molecule has 1 aromatic carbocycles. The fraction of sp³-hybridized carbons (Fsp3) is 0.500. The van der Waals surface area contributed by atoms with E-state index in [9.17, 15) is 4.79 Å². The van der Waals surface area contributed by atoms with E-state index < -0.39 is 0 Å². The third-order valence-corrected chi connectivity index (χ3v) is 3.26. The standard InChI is InChI=1S/C14H20N2O2/c1-18-14(17)7-4-12-2-5-13(6-3-12)16-10-8-15-9-11-16/h2-3,5-6,15H,4,7-11H2,1H3. The van der Waals surface area contributed by atoms with Crippen molar-refractivity contribution in [3.05, 3.63) is 29.8 Å². The Morgan fingerprint density at radius 1 is 1.28 bits per heavy atom. The summed E-state index contributed by atoms with van der Waals surface area (Å²) in [6, 6.07) is 8.47. The monoisotopic (exact) mass is 248 g/mol. The summed E-state index contributed by atoms with van der Waals surface area (Å²) < 4.78 is 4.64. The van der Waals surface area contributed by atoms with Crippen LogP contribution in [0.25, 0.3) is 0 Å². The van der Waals surface area contributed by atoms with Gasteiger partial charge in [0, 0.05) is 38.3 Å². The first-order valence-electron chi connectivity index (χ1n) is 6.41. The van der Waals surface area contributed by atoms with Crippen molar-refractivity contribution < 1.29 is 9.53 Å². The van der Waals surface area contributed by atoms with Crippen molar-refractivity contribution in [2.45, 2.75) is 12.8 Å². The van der Waals surface area contributed by atoms with E-state index in [0.29, 0.717) is 6.42 Å². The van der Waals surface area contributed by atoms with Gasteiger partial charge in [0.2, 0.25) is 0 Å². The largest absolute Gasteiger partial charge is 0.469 e. The van der Waals surface area contributed by atoms with E-state index >= 15 is 0 Å². The molecule has 0 bridgehead atoms. The van der Waals surface area contributed by atoms with Gasteiger partial charge in [0.15, 0.2) is 0 Å². The minimum Gasteiger partial charge on any atom is -0.469 e. The average molecular weight is 248 g/mol. The van der Waals surface area contributed by atoms with Gasteiger partial charge in [-0.05, 0) is 24.1 Å². The number of esters is 1. The van der Waals surface area contributed by atoms with Crippen molar-refractivity contribution in [1.82, 2.24) is 5.32 Å². The molecule has 0 unspecified atom stereocenters. The molecule has 0 radical (unpaired) electrons. The molecule has 0 aromatic heterocycles. The van der Waals surface area contributed by atoms with Crippen LogP contribution in [0, 0.1) is 0 Å². The highest BCUT2D eigenvalue weighted by molar-refractivity contribution is 5.69. The summed E-state index contributed by atoms with van der Waals surface area (Å²) in [4.78, 5) is 13.4. The molecule has 1 N–H and O–H groups in total. The summed E-state index contributed by atoms with van der Waals surface area (Å²) in [5, 5.41) is 3.34. The summed E-state index contributed by atoms with van der Waals surface area (Å²) in [6.45, 7) is 4.21. The van der Waals surface area contributed by atoms with Crippen molar-refractivity contribution in [2.24, 2.45) is 0 Å². The lowest BCUT2D eigenvalue weighted by Gasteiger charge is -2.29. The lowest BCUT2D eigenvalue weighted by Crippen LogP contribution is -2.43. The van der Waals surface area contributed by atoms with Gasteiger partial charge in [-0.2, -0.15) is 0 Å². The fourth-order valence-corrected chi connectivity index (χ4v) is 2.14. The van der Waals surface area contributed by atoms with Crippen LogP contribution in [0.4, 0.5) is 5.69 Å². The van der Waals surface area contributed by atoms with Crippen LogP contribution >= 0.6 is 0 Å². The summed E-state index contributed by atoms with van der Waals surface area (Å²) in [7, 11) is 1.43. The number of ether oxygens (including phenoxy) is 1. The molecule has 18 heavy (non-hydrogen) atoms. The molecule has 98 valence electrons. The van der Waals surface area contributed by atoms with E-state index in [4.69, 9.17) is 0 Å². The first-order valence-corrected chi connectivity index (χ1v) is 6.41. The maximum Gasteiger partial charge on any atom is 0.305 e. The Hall–Kier alpha value is -1.55. The van der Waals surface area contributed by atoms with Gasteiger partial charge in [-0.3, -0.25) is 4.79 Å².